The Kier molecular flexibility index (Phi) is 4.82. The number of primary amides is 1. The van der Waals surface area contributed by atoms with Crippen LogP contribution in [0.3, 0.4) is 0 Å². The minimum absolute atomic E-state index is 0.0476. The van der Waals surface area contributed by atoms with Crippen molar-refractivity contribution in [2.75, 3.05) is 5.32 Å². The van der Waals surface area contributed by atoms with Crippen molar-refractivity contribution < 1.29 is 18.7 Å². The van der Waals surface area contributed by atoms with E-state index < -0.39 is 17.6 Å². The molecule has 0 saturated carbocycles. The third-order valence-electron chi connectivity index (χ3n) is 4.46. The molecule has 3 N–H and O–H groups in total. The van der Waals surface area contributed by atoms with Crippen LogP contribution in [0.1, 0.15) is 37.7 Å². The first-order valence-electron chi connectivity index (χ1n) is 8.69. The number of ether oxygens (including phenoxy) is 1. The van der Waals surface area contributed by atoms with Crippen molar-refractivity contribution in [3.8, 4) is 5.75 Å². The Morgan fingerprint density at radius 3 is 2.89 bits per heavy atom. The van der Waals surface area contributed by atoms with Crippen molar-refractivity contribution >= 4 is 28.2 Å². The smallest absolute Gasteiger partial charge is 0.276 e. The number of thiophene rings is 1. The number of hydrogen-bond acceptors (Lipinski definition) is 5. The number of anilines is 1. The zero-order valence-corrected chi connectivity index (χ0v) is 15.6. The fraction of sp³-hybridized carbons (Fsp3) is 0.211. The van der Waals surface area contributed by atoms with Crippen LogP contribution in [0.15, 0.2) is 36.5 Å². The molecule has 28 heavy (non-hydrogen) atoms. The van der Waals surface area contributed by atoms with E-state index in [1.165, 1.54) is 34.2 Å². The van der Waals surface area contributed by atoms with Gasteiger partial charge in [0.2, 0.25) is 0 Å². The molecule has 2 aromatic heterocycles. The lowest BCUT2D eigenvalue weighted by Crippen LogP contribution is -2.18. The standard InChI is InChI=1S/C19H17FN4O3S/c20-12-5-1-2-6-14(12)27-10-24-9-8-13(23-24)18(26)22-19-16(17(21)25)11-4-3-7-15(11)28-19/h1-2,5-6,8-9H,3-4,7,10H2,(H2,21,25)(H,22,26). The molecule has 0 spiro atoms. The number of fused-ring (bicyclic) bond motifs is 1. The highest BCUT2D eigenvalue weighted by Crippen LogP contribution is 2.38. The number of carbonyl (C=O) groups excluding carboxylic acids is 2. The van der Waals surface area contributed by atoms with Gasteiger partial charge in [0.25, 0.3) is 11.8 Å². The minimum Gasteiger partial charge on any atom is -0.468 e. The summed E-state index contributed by atoms with van der Waals surface area (Å²) in [5, 5.41) is 7.33. The van der Waals surface area contributed by atoms with E-state index in [0.29, 0.717) is 10.6 Å². The van der Waals surface area contributed by atoms with Gasteiger partial charge in [-0.1, -0.05) is 12.1 Å². The number of aryl methyl sites for hydroxylation is 1. The van der Waals surface area contributed by atoms with Gasteiger partial charge in [0.05, 0.1) is 5.56 Å². The molecule has 3 aromatic rings. The maximum absolute atomic E-state index is 13.6. The lowest BCUT2D eigenvalue weighted by atomic mass is 10.1. The summed E-state index contributed by atoms with van der Waals surface area (Å²) < 4.78 is 20.3. The number of para-hydroxylation sites is 1. The van der Waals surface area contributed by atoms with Crippen LogP contribution in [-0.2, 0) is 19.6 Å². The van der Waals surface area contributed by atoms with Crippen molar-refractivity contribution in [3.05, 3.63) is 64.0 Å². The molecule has 0 saturated heterocycles. The highest BCUT2D eigenvalue weighted by atomic mass is 32.1. The summed E-state index contributed by atoms with van der Waals surface area (Å²) in [5.41, 5.74) is 7.00. The van der Waals surface area contributed by atoms with Gasteiger partial charge in [-0.15, -0.1) is 11.3 Å². The number of amides is 2. The summed E-state index contributed by atoms with van der Waals surface area (Å²) in [5.74, 6) is -1.37. The lowest BCUT2D eigenvalue weighted by Gasteiger charge is -2.07. The van der Waals surface area contributed by atoms with E-state index >= 15 is 0 Å². The lowest BCUT2D eigenvalue weighted by molar-refractivity contribution is 0.100. The molecular weight excluding hydrogens is 383 g/mol. The van der Waals surface area contributed by atoms with Gasteiger partial charge in [0.1, 0.15) is 5.00 Å². The first kappa shape index (κ1) is 18.2. The molecule has 0 aliphatic heterocycles. The monoisotopic (exact) mass is 400 g/mol. The number of halogens is 1. The van der Waals surface area contributed by atoms with Gasteiger partial charge in [-0.25, -0.2) is 9.07 Å². The van der Waals surface area contributed by atoms with Crippen LogP contribution in [0.2, 0.25) is 0 Å². The second kappa shape index (κ2) is 7.43. The van der Waals surface area contributed by atoms with Crippen LogP contribution in [0.5, 0.6) is 5.75 Å². The summed E-state index contributed by atoms with van der Waals surface area (Å²) in [6, 6.07) is 7.56. The average molecular weight is 400 g/mol. The van der Waals surface area contributed by atoms with E-state index in [-0.39, 0.29) is 18.2 Å². The van der Waals surface area contributed by atoms with Gasteiger partial charge in [0, 0.05) is 11.1 Å². The van der Waals surface area contributed by atoms with Crippen LogP contribution in [-0.4, -0.2) is 21.6 Å². The number of nitrogens with zero attached hydrogens (tertiary/aromatic N) is 2. The van der Waals surface area contributed by atoms with Gasteiger partial charge in [-0.2, -0.15) is 5.10 Å². The predicted octanol–water partition coefficient (Wildman–Crippen LogP) is 2.96. The number of carbonyl (C=O) groups is 2. The van der Waals surface area contributed by atoms with Crippen LogP contribution in [0, 0.1) is 5.82 Å². The summed E-state index contributed by atoms with van der Waals surface area (Å²) in [6.07, 6.45) is 4.22. The molecule has 0 atom stereocenters. The van der Waals surface area contributed by atoms with Gasteiger partial charge in [-0.05, 0) is 43.0 Å². The molecule has 4 rings (SSSR count). The summed E-state index contributed by atoms with van der Waals surface area (Å²) in [6.45, 7) is -0.0476. The highest BCUT2D eigenvalue weighted by Gasteiger charge is 2.26. The molecular formula is C19H17FN4O3S. The second-order valence-corrected chi connectivity index (χ2v) is 7.43. The van der Waals surface area contributed by atoms with Gasteiger partial charge >= 0.3 is 0 Å². The molecule has 0 fully saturated rings. The van der Waals surface area contributed by atoms with E-state index in [1.807, 2.05) is 0 Å². The quantitative estimate of drug-likeness (QED) is 0.664. The number of hydrogen-bond donors (Lipinski definition) is 2. The van der Waals surface area contributed by atoms with Gasteiger partial charge in [-0.3, -0.25) is 9.59 Å². The molecule has 1 aliphatic rings. The Morgan fingerprint density at radius 2 is 2.11 bits per heavy atom. The number of benzene rings is 1. The SMILES string of the molecule is NC(=O)c1c(NC(=O)c2ccn(COc3ccccc3F)n2)sc2c1CCC2. The molecule has 0 bridgehead atoms. The van der Waals surface area contributed by atoms with Crippen LogP contribution < -0.4 is 15.8 Å². The number of aromatic nitrogens is 2. The topological polar surface area (TPSA) is 99.2 Å². The maximum Gasteiger partial charge on any atom is 0.276 e. The Hall–Kier alpha value is -3.20. The van der Waals surface area contributed by atoms with Crippen LogP contribution in [0.25, 0.3) is 0 Å². The van der Waals surface area contributed by atoms with E-state index in [9.17, 15) is 14.0 Å². The van der Waals surface area contributed by atoms with Crippen molar-refractivity contribution in [2.45, 2.75) is 26.0 Å². The van der Waals surface area contributed by atoms with Gasteiger partial charge in [0.15, 0.2) is 24.0 Å². The number of rotatable bonds is 6. The average Bonchev–Trinajstić information content (AvgIpc) is 3.36. The molecule has 1 aromatic carbocycles. The Balaban J connectivity index is 1.45. The largest absolute Gasteiger partial charge is 0.468 e. The summed E-state index contributed by atoms with van der Waals surface area (Å²) >= 11 is 1.38. The fourth-order valence-electron chi connectivity index (χ4n) is 3.17. The van der Waals surface area contributed by atoms with Gasteiger partial charge < -0.3 is 15.8 Å². The minimum atomic E-state index is -0.543. The third kappa shape index (κ3) is 3.48. The first-order valence-corrected chi connectivity index (χ1v) is 9.51. The molecule has 2 amide bonds. The van der Waals surface area contributed by atoms with E-state index in [4.69, 9.17) is 10.5 Å². The number of nitrogens with one attached hydrogen (secondary N) is 1. The Morgan fingerprint density at radius 1 is 1.29 bits per heavy atom. The molecule has 7 nitrogen and oxygen atoms in total. The van der Waals surface area contributed by atoms with E-state index in [1.54, 1.807) is 18.3 Å². The Bertz CT molecular complexity index is 1060. The molecule has 1 aliphatic carbocycles. The summed E-state index contributed by atoms with van der Waals surface area (Å²) in [4.78, 5) is 25.4. The molecule has 2 heterocycles. The van der Waals surface area contributed by atoms with Crippen molar-refractivity contribution in [1.29, 1.82) is 0 Å². The fourth-order valence-corrected chi connectivity index (χ4v) is 4.46. The normalized spacial score (nSPS) is 12.6. The number of nitrogens with two attached hydrogens (primary N) is 1. The van der Waals surface area contributed by atoms with Crippen molar-refractivity contribution in [1.82, 2.24) is 9.78 Å². The zero-order valence-electron chi connectivity index (χ0n) is 14.8. The van der Waals surface area contributed by atoms with Crippen LogP contribution >= 0.6 is 11.3 Å². The first-order chi connectivity index (χ1) is 13.5. The zero-order chi connectivity index (χ0) is 19.7. The Labute approximate surface area is 163 Å². The predicted molar refractivity (Wildman–Crippen MR) is 102 cm³/mol. The summed E-state index contributed by atoms with van der Waals surface area (Å²) in [7, 11) is 0. The highest BCUT2D eigenvalue weighted by molar-refractivity contribution is 7.17. The maximum atomic E-state index is 13.6. The third-order valence-corrected chi connectivity index (χ3v) is 5.66. The molecule has 0 unspecified atom stereocenters. The van der Waals surface area contributed by atoms with E-state index in [0.717, 1.165) is 29.7 Å². The van der Waals surface area contributed by atoms with Crippen LogP contribution in [0.4, 0.5) is 9.39 Å². The molecule has 0 radical (unpaired) electrons. The molecule has 144 valence electrons. The second-order valence-electron chi connectivity index (χ2n) is 6.32. The molecule has 9 heteroatoms. The van der Waals surface area contributed by atoms with Crippen molar-refractivity contribution in [2.24, 2.45) is 5.73 Å². The van der Waals surface area contributed by atoms with Crippen molar-refractivity contribution in [3.63, 3.8) is 0 Å². The van der Waals surface area contributed by atoms with E-state index in [2.05, 4.69) is 10.4 Å².